The Balaban J connectivity index is 2.98. The predicted octanol–water partition coefficient (Wildman–Crippen LogP) is 4.07. The number of rotatable bonds is 6. The van der Waals surface area contributed by atoms with Gasteiger partial charge in [0.1, 0.15) is 5.76 Å². The van der Waals surface area contributed by atoms with E-state index in [4.69, 9.17) is 0 Å². The summed E-state index contributed by atoms with van der Waals surface area (Å²) in [6.45, 7) is 6.07. The number of aliphatic carboxylic acids is 1. The van der Waals surface area contributed by atoms with Crippen molar-refractivity contribution in [2.75, 3.05) is 0 Å². The summed E-state index contributed by atoms with van der Waals surface area (Å²) < 4.78 is 0. The van der Waals surface area contributed by atoms with E-state index >= 15 is 0 Å². The predicted molar refractivity (Wildman–Crippen MR) is 72.5 cm³/mol. The molecule has 0 aliphatic heterocycles. The molecule has 0 aromatic heterocycles. The number of hydrogen-bond donors (Lipinski definition) is 2. The summed E-state index contributed by atoms with van der Waals surface area (Å²) >= 11 is 0. The van der Waals surface area contributed by atoms with Crippen LogP contribution in [0.4, 0.5) is 0 Å². The number of hydrogen-bond acceptors (Lipinski definition) is 2. The molecule has 0 aromatic rings. The Morgan fingerprint density at radius 1 is 1.50 bits per heavy atom. The van der Waals surface area contributed by atoms with Crippen molar-refractivity contribution in [2.24, 2.45) is 11.3 Å². The van der Waals surface area contributed by atoms with Gasteiger partial charge in [-0.25, -0.2) is 0 Å². The highest BCUT2D eigenvalue weighted by molar-refractivity contribution is 5.78. The molecule has 0 fully saturated rings. The molecule has 0 aromatic carbocycles. The van der Waals surface area contributed by atoms with Crippen LogP contribution in [0.15, 0.2) is 23.5 Å². The summed E-state index contributed by atoms with van der Waals surface area (Å²) in [5, 5.41) is 19.3. The molecule has 1 aliphatic carbocycles. The van der Waals surface area contributed by atoms with E-state index in [9.17, 15) is 15.0 Å². The first-order chi connectivity index (χ1) is 8.47. The maximum absolute atomic E-state index is 11.7. The first kappa shape index (κ1) is 14.8. The molecule has 0 bridgehead atoms. The third kappa shape index (κ3) is 2.77. The minimum atomic E-state index is -0.841. The summed E-state index contributed by atoms with van der Waals surface area (Å²) in [4.78, 5) is 11.7. The average Bonchev–Trinajstić information content (AvgIpc) is 2.36. The molecule has 3 nitrogen and oxygen atoms in total. The molecule has 0 spiro atoms. The first-order valence-corrected chi connectivity index (χ1v) is 6.81. The van der Waals surface area contributed by atoms with E-state index in [0.29, 0.717) is 12.8 Å². The van der Waals surface area contributed by atoms with Gasteiger partial charge in [0.15, 0.2) is 0 Å². The number of unbranched alkanes of at least 4 members (excludes halogenated alkanes) is 1. The first-order valence-electron chi connectivity index (χ1n) is 6.81. The van der Waals surface area contributed by atoms with E-state index in [1.807, 2.05) is 13.8 Å². The molecule has 0 saturated heterocycles. The molecule has 2 atom stereocenters. The van der Waals surface area contributed by atoms with E-state index in [-0.39, 0.29) is 11.7 Å². The Kier molecular flexibility index (Phi) is 5.00. The molecular weight excluding hydrogens is 228 g/mol. The lowest BCUT2D eigenvalue weighted by molar-refractivity contribution is -0.149. The number of carbonyl (C=O) groups is 1. The van der Waals surface area contributed by atoms with Crippen LogP contribution in [0.2, 0.25) is 0 Å². The van der Waals surface area contributed by atoms with Gasteiger partial charge >= 0.3 is 5.97 Å². The van der Waals surface area contributed by atoms with Crippen LogP contribution in [-0.2, 0) is 4.79 Å². The Hall–Kier alpha value is -1.25. The SMILES string of the molecule is CCCCC(C)[C@@]1(C(=O)O)C=CC(O)=C(CC)C1. The lowest BCUT2D eigenvalue weighted by Crippen LogP contribution is -2.37. The maximum atomic E-state index is 11.7. The Morgan fingerprint density at radius 3 is 2.67 bits per heavy atom. The highest BCUT2D eigenvalue weighted by Gasteiger charge is 2.43. The van der Waals surface area contributed by atoms with Crippen molar-refractivity contribution in [1.82, 2.24) is 0 Å². The standard InChI is InChI=1S/C15H24O3/c1-4-6-7-11(3)15(14(17)18)9-8-13(16)12(5-2)10-15/h8-9,11,16H,4-7,10H2,1-3H3,(H,17,18)/t11?,15-/m1/s1. The topological polar surface area (TPSA) is 57.5 Å². The fraction of sp³-hybridized carbons (Fsp3) is 0.667. The van der Waals surface area contributed by atoms with Gasteiger partial charge < -0.3 is 10.2 Å². The van der Waals surface area contributed by atoms with E-state index in [1.54, 1.807) is 12.2 Å². The molecule has 0 saturated carbocycles. The monoisotopic (exact) mass is 252 g/mol. The Labute approximate surface area is 109 Å². The zero-order valence-electron chi connectivity index (χ0n) is 11.6. The average molecular weight is 252 g/mol. The molecule has 18 heavy (non-hydrogen) atoms. The van der Waals surface area contributed by atoms with Crippen LogP contribution >= 0.6 is 0 Å². The largest absolute Gasteiger partial charge is 0.508 e. The smallest absolute Gasteiger partial charge is 0.314 e. The van der Waals surface area contributed by atoms with Crippen LogP contribution in [0.25, 0.3) is 0 Å². The van der Waals surface area contributed by atoms with Gasteiger partial charge in [-0.15, -0.1) is 0 Å². The minimum Gasteiger partial charge on any atom is -0.508 e. The van der Waals surface area contributed by atoms with Gasteiger partial charge in [-0.1, -0.05) is 39.7 Å². The molecular formula is C15H24O3. The molecule has 1 unspecified atom stereocenters. The second-order valence-corrected chi connectivity index (χ2v) is 5.24. The molecule has 3 heteroatoms. The van der Waals surface area contributed by atoms with Gasteiger partial charge in [-0.05, 0) is 36.8 Å². The van der Waals surface area contributed by atoms with Gasteiger partial charge in [0.05, 0.1) is 5.41 Å². The highest BCUT2D eigenvalue weighted by Crippen LogP contribution is 2.43. The van der Waals surface area contributed by atoms with E-state index < -0.39 is 11.4 Å². The number of aliphatic hydroxyl groups is 1. The van der Waals surface area contributed by atoms with Crippen molar-refractivity contribution in [3.05, 3.63) is 23.5 Å². The molecule has 1 aliphatic rings. The van der Waals surface area contributed by atoms with Crippen LogP contribution in [0, 0.1) is 11.3 Å². The fourth-order valence-corrected chi connectivity index (χ4v) is 2.62. The summed E-state index contributed by atoms with van der Waals surface area (Å²) in [6, 6.07) is 0. The summed E-state index contributed by atoms with van der Waals surface area (Å²) in [6.07, 6.45) is 7.42. The number of allylic oxidation sites excluding steroid dienone is 2. The lowest BCUT2D eigenvalue weighted by Gasteiger charge is -2.35. The quantitative estimate of drug-likeness (QED) is 0.749. The van der Waals surface area contributed by atoms with Crippen LogP contribution < -0.4 is 0 Å². The lowest BCUT2D eigenvalue weighted by atomic mass is 9.67. The van der Waals surface area contributed by atoms with Gasteiger partial charge in [-0.3, -0.25) is 4.79 Å². The van der Waals surface area contributed by atoms with E-state index in [1.165, 1.54) is 0 Å². The van der Waals surface area contributed by atoms with Crippen molar-refractivity contribution in [2.45, 2.75) is 52.9 Å². The van der Waals surface area contributed by atoms with Crippen molar-refractivity contribution in [1.29, 1.82) is 0 Å². The Morgan fingerprint density at radius 2 is 2.17 bits per heavy atom. The van der Waals surface area contributed by atoms with Crippen LogP contribution in [0.1, 0.15) is 52.9 Å². The van der Waals surface area contributed by atoms with Gasteiger partial charge in [0.2, 0.25) is 0 Å². The van der Waals surface area contributed by atoms with Gasteiger partial charge in [-0.2, -0.15) is 0 Å². The number of carboxylic acids is 1. The third-order valence-electron chi connectivity index (χ3n) is 4.10. The van der Waals surface area contributed by atoms with Crippen LogP contribution in [-0.4, -0.2) is 16.2 Å². The minimum absolute atomic E-state index is 0.0841. The normalized spacial score (nSPS) is 25.3. The zero-order chi connectivity index (χ0) is 13.8. The van der Waals surface area contributed by atoms with Crippen LogP contribution in [0.3, 0.4) is 0 Å². The second kappa shape index (κ2) is 6.07. The fourth-order valence-electron chi connectivity index (χ4n) is 2.62. The third-order valence-corrected chi connectivity index (χ3v) is 4.10. The molecule has 0 radical (unpaired) electrons. The zero-order valence-corrected chi connectivity index (χ0v) is 11.6. The van der Waals surface area contributed by atoms with E-state index in [2.05, 4.69) is 6.92 Å². The van der Waals surface area contributed by atoms with Crippen molar-refractivity contribution < 1.29 is 15.0 Å². The van der Waals surface area contributed by atoms with Crippen LogP contribution in [0.5, 0.6) is 0 Å². The molecule has 102 valence electrons. The van der Waals surface area contributed by atoms with Gasteiger partial charge in [0, 0.05) is 0 Å². The van der Waals surface area contributed by atoms with Crippen molar-refractivity contribution >= 4 is 5.97 Å². The van der Waals surface area contributed by atoms with Crippen molar-refractivity contribution in [3.8, 4) is 0 Å². The summed E-state index contributed by atoms with van der Waals surface area (Å²) in [5.41, 5.74) is 0.00970. The Bertz CT molecular complexity index is 368. The summed E-state index contributed by atoms with van der Waals surface area (Å²) in [7, 11) is 0. The van der Waals surface area contributed by atoms with E-state index in [0.717, 1.165) is 24.8 Å². The highest BCUT2D eigenvalue weighted by atomic mass is 16.4. The molecule has 1 rings (SSSR count). The number of carboxylic acid groups (broad SMARTS) is 1. The summed E-state index contributed by atoms with van der Waals surface area (Å²) in [5.74, 6) is -0.446. The number of aliphatic hydroxyl groups excluding tert-OH is 1. The van der Waals surface area contributed by atoms with Crippen molar-refractivity contribution in [3.63, 3.8) is 0 Å². The van der Waals surface area contributed by atoms with Gasteiger partial charge in [0.25, 0.3) is 0 Å². The second-order valence-electron chi connectivity index (χ2n) is 5.24. The molecule has 0 amide bonds. The maximum Gasteiger partial charge on any atom is 0.314 e. The molecule has 2 N–H and O–H groups in total. The molecule has 0 heterocycles.